The fraction of sp³-hybridized carbons (Fsp3) is 0.154. The SMILES string of the molecule is CN(C)C(=O)Oc1ccc2cc(Br)ccc2c1Cl. The van der Waals surface area contributed by atoms with E-state index in [0.29, 0.717) is 10.8 Å². The van der Waals surface area contributed by atoms with E-state index in [0.717, 1.165) is 15.2 Å². The minimum absolute atomic E-state index is 0.366. The molecule has 2 aromatic carbocycles. The van der Waals surface area contributed by atoms with Crippen molar-refractivity contribution in [2.24, 2.45) is 0 Å². The molecule has 0 unspecified atom stereocenters. The molecule has 0 heterocycles. The number of hydrogen-bond donors (Lipinski definition) is 0. The normalized spacial score (nSPS) is 10.4. The van der Waals surface area contributed by atoms with E-state index in [2.05, 4.69) is 15.9 Å². The minimum atomic E-state index is -0.451. The van der Waals surface area contributed by atoms with E-state index >= 15 is 0 Å². The van der Waals surface area contributed by atoms with E-state index in [4.69, 9.17) is 16.3 Å². The topological polar surface area (TPSA) is 29.5 Å². The second kappa shape index (κ2) is 5.16. The highest BCUT2D eigenvalue weighted by Crippen LogP contribution is 2.34. The standard InChI is InChI=1S/C13H11BrClNO2/c1-16(2)13(17)18-11-6-3-8-7-9(14)4-5-10(8)12(11)15/h3-7H,1-2H3. The summed E-state index contributed by atoms with van der Waals surface area (Å²) in [5.41, 5.74) is 0. The Morgan fingerprint density at radius 1 is 1.28 bits per heavy atom. The molecule has 18 heavy (non-hydrogen) atoms. The average molecular weight is 329 g/mol. The Labute approximate surface area is 118 Å². The van der Waals surface area contributed by atoms with Gasteiger partial charge in [0.1, 0.15) is 0 Å². The van der Waals surface area contributed by atoms with Gasteiger partial charge in [-0.15, -0.1) is 0 Å². The van der Waals surface area contributed by atoms with Gasteiger partial charge in [0.25, 0.3) is 0 Å². The van der Waals surface area contributed by atoms with E-state index < -0.39 is 6.09 Å². The van der Waals surface area contributed by atoms with E-state index in [9.17, 15) is 4.79 Å². The van der Waals surface area contributed by atoms with Gasteiger partial charge < -0.3 is 9.64 Å². The zero-order valence-electron chi connectivity index (χ0n) is 9.91. The van der Waals surface area contributed by atoms with Crippen molar-refractivity contribution in [3.63, 3.8) is 0 Å². The summed E-state index contributed by atoms with van der Waals surface area (Å²) in [6, 6.07) is 9.29. The first kappa shape index (κ1) is 13.2. The van der Waals surface area contributed by atoms with Crippen molar-refractivity contribution in [1.29, 1.82) is 0 Å². The van der Waals surface area contributed by atoms with Crippen molar-refractivity contribution in [2.45, 2.75) is 0 Å². The van der Waals surface area contributed by atoms with Crippen LogP contribution in [0, 0.1) is 0 Å². The first-order valence-electron chi connectivity index (χ1n) is 5.26. The van der Waals surface area contributed by atoms with E-state index in [1.54, 1.807) is 20.2 Å². The Bertz CT molecular complexity index is 613. The maximum Gasteiger partial charge on any atom is 0.414 e. The molecule has 94 valence electrons. The van der Waals surface area contributed by atoms with Crippen LogP contribution in [0.1, 0.15) is 0 Å². The summed E-state index contributed by atoms with van der Waals surface area (Å²) < 4.78 is 6.16. The number of carbonyl (C=O) groups excluding carboxylic acids is 1. The molecule has 0 bridgehead atoms. The van der Waals surface area contributed by atoms with Crippen LogP contribution in [0.25, 0.3) is 10.8 Å². The summed E-state index contributed by atoms with van der Waals surface area (Å²) in [4.78, 5) is 12.8. The van der Waals surface area contributed by atoms with Gasteiger partial charge in [-0.3, -0.25) is 0 Å². The number of hydrogen-bond acceptors (Lipinski definition) is 2. The van der Waals surface area contributed by atoms with Crippen LogP contribution in [0.15, 0.2) is 34.8 Å². The number of benzene rings is 2. The lowest BCUT2D eigenvalue weighted by atomic mass is 10.1. The monoisotopic (exact) mass is 327 g/mol. The van der Waals surface area contributed by atoms with Crippen molar-refractivity contribution in [3.05, 3.63) is 39.8 Å². The molecule has 0 aromatic heterocycles. The molecule has 0 N–H and O–H groups in total. The number of fused-ring (bicyclic) bond motifs is 1. The van der Waals surface area contributed by atoms with Crippen molar-refractivity contribution >= 4 is 44.4 Å². The molecule has 0 saturated heterocycles. The number of nitrogens with zero attached hydrogens (tertiary/aromatic N) is 1. The molecule has 2 aromatic rings. The Morgan fingerprint density at radius 3 is 2.67 bits per heavy atom. The van der Waals surface area contributed by atoms with Crippen molar-refractivity contribution in [3.8, 4) is 5.75 Å². The number of ether oxygens (including phenoxy) is 1. The van der Waals surface area contributed by atoms with Gasteiger partial charge in [0, 0.05) is 24.0 Å². The third-order valence-electron chi connectivity index (χ3n) is 2.44. The fourth-order valence-corrected chi connectivity index (χ4v) is 2.16. The van der Waals surface area contributed by atoms with Crippen LogP contribution in [0.5, 0.6) is 5.75 Å². The van der Waals surface area contributed by atoms with Crippen molar-refractivity contribution in [1.82, 2.24) is 4.90 Å². The fourth-order valence-electron chi connectivity index (χ4n) is 1.51. The molecule has 0 aliphatic heterocycles. The Hall–Kier alpha value is -1.26. The lowest BCUT2D eigenvalue weighted by molar-refractivity contribution is 0.172. The quantitative estimate of drug-likeness (QED) is 0.780. The maximum atomic E-state index is 11.5. The number of amides is 1. The summed E-state index contributed by atoms with van der Waals surface area (Å²) in [5, 5.41) is 2.28. The zero-order chi connectivity index (χ0) is 13.3. The van der Waals surface area contributed by atoms with Crippen molar-refractivity contribution < 1.29 is 9.53 Å². The third-order valence-corrected chi connectivity index (χ3v) is 3.33. The summed E-state index contributed by atoms with van der Waals surface area (Å²) in [7, 11) is 3.24. The molecule has 0 fully saturated rings. The van der Waals surface area contributed by atoms with Crippen molar-refractivity contribution in [2.75, 3.05) is 14.1 Å². The van der Waals surface area contributed by atoms with Crippen LogP contribution in [0.3, 0.4) is 0 Å². The molecule has 0 radical (unpaired) electrons. The minimum Gasteiger partial charge on any atom is -0.409 e. The molecular weight excluding hydrogens is 318 g/mol. The summed E-state index contributed by atoms with van der Waals surface area (Å²) in [6.07, 6.45) is -0.451. The van der Waals surface area contributed by atoms with Crippen LogP contribution in [0.2, 0.25) is 5.02 Å². The van der Waals surface area contributed by atoms with Gasteiger partial charge in [0.2, 0.25) is 0 Å². The highest BCUT2D eigenvalue weighted by molar-refractivity contribution is 9.10. The molecule has 0 spiro atoms. The van der Waals surface area contributed by atoms with Crippen LogP contribution in [-0.4, -0.2) is 25.1 Å². The lowest BCUT2D eigenvalue weighted by Crippen LogP contribution is -2.25. The second-order valence-corrected chi connectivity index (χ2v) is 5.30. The first-order valence-corrected chi connectivity index (χ1v) is 6.43. The Morgan fingerprint density at radius 2 is 2.00 bits per heavy atom. The van der Waals surface area contributed by atoms with E-state index in [1.807, 2.05) is 24.3 Å². The number of carbonyl (C=O) groups is 1. The van der Waals surface area contributed by atoms with Crippen LogP contribution >= 0.6 is 27.5 Å². The largest absolute Gasteiger partial charge is 0.414 e. The van der Waals surface area contributed by atoms with Gasteiger partial charge in [-0.1, -0.05) is 39.7 Å². The van der Waals surface area contributed by atoms with Gasteiger partial charge in [-0.2, -0.15) is 0 Å². The molecule has 1 amide bonds. The molecule has 2 rings (SSSR count). The smallest absolute Gasteiger partial charge is 0.409 e. The van der Waals surface area contributed by atoms with Gasteiger partial charge in [0.05, 0.1) is 5.02 Å². The number of rotatable bonds is 1. The summed E-state index contributed by atoms with van der Waals surface area (Å²) in [6.45, 7) is 0. The van der Waals surface area contributed by atoms with Gasteiger partial charge in [-0.25, -0.2) is 4.79 Å². The van der Waals surface area contributed by atoms with E-state index in [1.165, 1.54) is 4.90 Å². The molecule has 0 atom stereocenters. The Kier molecular flexibility index (Phi) is 3.78. The molecule has 0 saturated carbocycles. The first-order chi connectivity index (χ1) is 8.49. The van der Waals surface area contributed by atoms with Gasteiger partial charge in [0.15, 0.2) is 5.75 Å². The second-order valence-electron chi connectivity index (χ2n) is 4.01. The summed E-state index contributed by atoms with van der Waals surface area (Å²) in [5.74, 6) is 0.366. The lowest BCUT2D eigenvalue weighted by Gasteiger charge is -2.12. The molecule has 0 aliphatic rings. The third kappa shape index (κ3) is 2.60. The van der Waals surface area contributed by atoms with Crippen LogP contribution in [0.4, 0.5) is 4.79 Å². The average Bonchev–Trinajstić information content (AvgIpc) is 2.32. The highest BCUT2D eigenvalue weighted by atomic mass is 79.9. The predicted octanol–water partition coefficient (Wildman–Crippen LogP) is 4.32. The van der Waals surface area contributed by atoms with Crippen LogP contribution in [-0.2, 0) is 0 Å². The van der Waals surface area contributed by atoms with Crippen LogP contribution < -0.4 is 4.74 Å². The Balaban J connectivity index is 2.45. The maximum absolute atomic E-state index is 11.5. The number of halogens is 2. The molecule has 0 aliphatic carbocycles. The highest BCUT2D eigenvalue weighted by Gasteiger charge is 2.12. The molecular formula is C13H11BrClNO2. The summed E-state index contributed by atoms with van der Waals surface area (Å²) >= 11 is 9.63. The molecule has 5 heteroatoms. The molecule has 3 nitrogen and oxygen atoms in total. The van der Waals surface area contributed by atoms with Gasteiger partial charge >= 0.3 is 6.09 Å². The zero-order valence-corrected chi connectivity index (χ0v) is 12.2. The van der Waals surface area contributed by atoms with Gasteiger partial charge in [-0.05, 0) is 23.6 Å². The van der Waals surface area contributed by atoms with E-state index in [-0.39, 0.29) is 0 Å². The predicted molar refractivity (Wildman–Crippen MR) is 76.4 cm³/mol.